The van der Waals surface area contributed by atoms with Crippen LogP contribution in [0, 0.1) is 0 Å². The van der Waals surface area contributed by atoms with Crippen molar-refractivity contribution in [3.8, 4) is 0 Å². The second-order valence-corrected chi connectivity index (χ2v) is 5.85. The predicted molar refractivity (Wildman–Crippen MR) is 81.1 cm³/mol. The van der Waals surface area contributed by atoms with E-state index in [4.69, 9.17) is 16.3 Å². The molecule has 1 N–H and O–H groups in total. The monoisotopic (exact) mass is 282 g/mol. The number of anilines is 1. The quantitative estimate of drug-likeness (QED) is 0.898. The molecule has 1 fully saturated rings. The van der Waals surface area contributed by atoms with Gasteiger partial charge in [0, 0.05) is 37.0 Å². The summed E-state index contributed by atoms with van der Waals surface area (Å²) in [6.07, 6.45) is 1.09. The topological polar surface area (TPSA) is 24.5 Å². The fourth-order valence-corrected chi connectivity index (χ4v) is 2.49. The van der Waals surface area contributed by atoms with Gasteiger partial charge < -0.3 is 15.0 Å². The van der Waals surface area contributed by atoms with Gasteiger partial charge in [-0.3, -0.25) is 0 Å². The molecule has 0 bridgehead atoms. The molecule has 2 rings (SSSR count). The molecule has 1 saturated heterocycles. The van der Waals surface area contributed by atoms with Crippen molar-refractivity contribution in [2.24, 2.45) is 0 Å². The van der Waals surface area contributed by atoms with Crippen molar-refractivity contribution in [1.82, 2.24) is 5.32 Å². The molecule has 1 aliphatic heterocycles. The molecule has 1 aromatic carbocycles. The molecular weight excluding hydrogens is 260 g/mol. The minimum Gasteiger partial charge on any atom is -0.379 e. The summed E-state index contributed by atoms with van der Waals surface area (Å²) in [7, 11) is 2.11. The van der Waals surface area contributed by atoms with E-state index in [1.807, 2.05) is 0 Å². The summed E-state index contributed by atoms with van der Waals surface area (Å²) in [5, 5.41) is 4.22. The molecular formula is C15H23ClN2O. The van der Waals surface area contributed by atoms with Gasteiger partial charge >= 0.3 is 0 Å². The van der Waals surface area contributed by atoms with Crippen molar-refractivity contribution in [1.29, 1.82) is 0 Å². The van der Waals surface area contributed by atoms with Crippen LogP contribution in [0.2, 0.25) is 5.02 Å². The molecule has 1 unspecified atom stereocenters. The number of ether oxygens (including phenoxy) is 1. The van der Waals surface area contributed by atoms with Crippen LogP contribution in [-0.4, -0.2) is 32.3 Å². The summed E-state index contributed by atoms with van der Waals surface area (Å²) in [5.41, 5.74) is 2.31. The fourth-order valence-electron chi connectivity index (χ4n) is 2.25. The molecule has 1 aromatic rings. The lowest BCUT2D eigenvalue weighted by atomic mass is 10.1. The second kappa shape index (κ2) is 6.60. The molecule has 1 heterocycles. The molecule has 0 aliphatic carbocycles. The third-order valence-corrected chi connectivity index (χ3v) is 3.95. The predicted octanol–water partition coefficient (Wildman–Crippen LogP) is 3.06. The Hall–Kier alpha value is -0.770. The van der Waals surface area contributed by atoms with Gasteiger partial charge in [0.25, 0.3) is 0 Å². The minimum atomic E-state index is 0.467. The van der Waals surface area contributed by atoms with Gasteiger partial charge in [-0.05, 0) is 24.1 Å². The zero-order valence-electron chi connectivity index (χ0n) is 11.9. The highest BCUT2D eigenvalue weighted by Crippen LogP contribution is 2.26. The standard InChI is InChI=1S/C15H23ClN2O/c1-11(2)17-9-12-4-5-13(8-15(12)16)18(3)14-6-7-19-10-14/h4-5,8,11,14,17H,6-7,9-10H2,1-3H3. The van der Waals surface area contributed by atoms with E-state index >= 15 is 0 Å². The number of likely N-dealkylation sites (N-methyl/N-ethyl adjacent to an activating group) is 1. The lowest BCUT2D eigenvalue weighted by molar-refractivity contribution is 0.193. The van der Waals surface area contributed by atoms with E-state index in [9.17, 15) is 0 Å². The van der Waals surface area contributed by atoms with Gasteiger partial charge in [-0.15, -0.1) is 0 Å². The van der Waals surface area contributed by atoms with Crippen LogP contribution in [0.3, 0.4) is 0 Å². The van der Waals surface area contributed by atoms with Gasteiger partial charge in [-0.25, -0.2) is 0 Å². The summed E-state index contributed by atoms with van der Waals surface area (Å²) in [6.45, 7) is 6.75. The number of rotatable bonds is 5. The maximum Gasteiger partial charge on any atom is 0.0670 e. The maximum absolute atomic E-state index is 6.37. The Balaban J connectivity index is 2.05. The highest BCUT2D eigenvalue weighted by atomic mass is 35.5. The SMILES string of the molecule is CC(C)NCc1ccc(N(C)C2CCOC2)cc1Cl. The van der Waals surface area contributed by atoms with Crippen molar-refractivity contribution in [3.63, 3.8) is 0 Å². The number of hydrogen-bond donors (Lipinski definition) is 1. The van der Waals surface area contributed by atoms with Crippen molar-refractivity contribution in [2.45, 2.75) is 38.9 Å². The van der Waals surface area contributed by atoms with Gasteiger partial charge in [0.2, 0.25) is 0 Å². The van der Waals surface area contributed by atoms with Gasteiger partial charge in [0.15, 0.2) is 0 Å². The first-order chi connectivity index (χ1) is 9.08. The first kappa shape index (κ1) is 14.6. The van der Waals surface area contributed by atoms with E-state index in [1.54, 1.807) is 0 Å². The van der Waals surface area contributed by atoms with Crippen molar-refractivity contribution in [2.75, 3.05) is 25.2 Å². The van der Waals surface area contributed by atoms with Gasteiger partial charge in [-0.1, -0.05) is 31.5 Å². The Bertz CT molecular complexity index is 417. The molecule has 0 aromatic heterocycles. The van der Waals surface area contributed by atoms with Crippen molar-refractivity contribution >= 4 is 17.3 Å². The average Bonchev–Trinajstić information content (AvgIpc) is 2.90. The van der Waals surface area contributed by atoms with Crippen LogP contribution in [0.15, 0.2) is 18.2 Å². The van der Waals surface area contributed by atoms with Gasteiger partial charge in [0.1, 0.15) is 0 Å². The normalized spacial score (nSPS) is 19.1. The Labute approximate surface area is 120 Å². The third-order valence-electron chi connectivity index (χ3n) is 3.60. The van der Waals surface area contributed by atoms with E-state index in [2.05, 4.69) is 49.3 Å². The molecule has 1 aliphatic rings. The number of benzene rings is 1. The molecule has 4 heteroatoms. The Kier molecular flexibility index (Phi) is 5.08. The molecule has 0 spiro atoms. The maximum atomic E-state index is 6.37. The largest absolute Gasteiger partial charge is 0.379 e. The fraction of sp³-hybridized carbons (Fsp3) is 0.600. The first-order valence-electron chi connectivity index (χ1n) is 6.90. The van der Waals surface area contributed by atoms with Crippen LogP contribution in [-0.2, 0) is 11.3 Å². The average molecular weight is 283 g/mol. The Morgan fingerprint density at radius 2 is 2.26 bits per heavy atom. The smallest absolute Gasteiger partial charge is 0.0670 e. The summed E-state index contributed by atoms with van der Waals surface area (Å²) >= 11 is 6.37. The molecule has 19 heavy (non-hydrogen) atoms. The number of halogens is 1. The highest BCUT2D eigenvalue weighted by Gasteiger charge is 2.20. The van der Waals surface area contributed by atoms with Crippen molar-refractivity contribution < 1.29 is 4.74 Å². The van der Waals surface area contributed by atoms with E-state index in [0.29, 0.717) is 12.1 Å². The third kappa shape index (κ3) is 3.85. The molecule has 1 atom stereocenters. The number of nitrogens with zero attached hydrogens (tertiary/aromatic N) is 1. The summed E-state index contributed by atoms with van der Waals surface area (Å²) in [6, 6.07) is 7.24. The Morgan fingerprint density at radius 1 is 1.47 bits per heavy atom. The Morgan fingerprint density at radius 3 is 2.84 bits per heavy atom. The van der Waals surface area contributed by atoms with Crippen LogP contribution in [0.25, 0.3) is 0 Å². The van der Waals surface area contributed by atoms with Crippen LogP contribution >= 0.6 is 11.6 Å². The van der Waals surface area contributed by atoms with Crippen LogP contribution in [0.4, 0.5) is 5.69 Å². The molecule has 0 radical (unpaired) electrons. The van der Waals surface area contributed by atoms with Crippen LogP contribution in [0.5, 0.6) is 0 Å². The zero-order chi connectivity index (χ0) is 13.8. The van der Waals surface area contributed by atoms with Crippen molar-refractivity contribution in [3.05, 3.63) is 28.8 Å². The van der Waals surface area contributed by atoms with E-state index < -0.39 is 0 Å². The lowest BCUT2D eigenvalue weighted by Crippen LogP contribution is -2.31. The zero-order valence-corrected chi connectivity index (χ0v) is 12.7. The van der Waals surface area contributed by atoms with E-state index in [0.717, 1.165) is 42.5 Å². The summed E-state index contributed by atoms with van der Waals surface area (Å²) in [4.78, 5) is 2.26. The molecule has 0 saturated carbocycles. The summed E-state index contributed by atoms with van der Waals surface area (Å²) in [5.74, 6) is 0. The minimum absolute atomic E-state index is 0.467. The first-order valence-corrected chi connectivity index (χ1v) is 7.28. The van der Waals surface area contributed by atoms with Gasteiger partial charge in [-0.2, -0.15) is 0 Å². The number of nitrogens with one attached hydrogen (secondary N) is 1. The van der Waals surface area contributed by atoms with Gasteiger partial charge in [0.05, 0.1) is 12.6 Å². The number of hydrogen-bond acceptors (Lipinski definition) is 3. The second-order valence-electron chi connectivity index (χ2n) is 5.44. The summed E-state index contributed by atoms with van der Waals surface area (Å²) < 4.78 is 5.43. The molecule has 3 nitrogen and oxygen atoms in total. The van der Waals surface area contributed by atoms with E-state index in [-0.39, 0.29) is 0 Å². The lowest BCUT2D eigenvalue weighted by Gasteiger charge is -2.26. The van der Waals surface area contributed by atoms with Crippen LogP contribution < -0.4 is 10.2 Å². The molecule has 0 amide bonds. The van der Waals surface area contributed by atoms with Crippen LogP contribution in [0.1, 0.15) is 25.8 Å². The molecule has 106 valence electrons. The highest BCUT2D eigenvalue weighted by molar-refractivity contribution is 6.31. The van der Waals surface area contributed by atoms with E-state index in [1.165, 1.54) is 0 Å².